The van der Waals surface area contributed by atoms with Crippen LogP contribution >= 0.6 is 11.6 Å². The van der Waals surface area contributed by atoms with Crippen LogP contribution in [0.25, 0.3) is 0 Å². The van der Waals surface area contributed by atoms with E-state index in [1.807, 2.05) is 0 Å². The summed E-state index contributed by atoms with van der Waals surface area (Å²) in [6.45, 7) is 0. The van der Waals surface area contributed by atoms with E-state index in [1.165, 1.54) is 5.43 Å². The molecule has 0 spiro atoms. The van der Waals surface area contributed by atoms with Crippen molar-refractivity contribution in [3.63, 3.8) is 0 Å². The number of carbonyl (C=O) groups excluding carboxylic acids is 1. The van der Waals surface area contributed by atoms with Crippen molar-refractivity contribution in [1.29, 1.82) is 0 Å². The van der Waals surface area contributed by atoms with Crippen LogP contribution in [0.2, 0.25) is 5.02 Å². The van der Waals surface area contributed by atoms with Crippen LogP contribution in [0.4, 0.5) is 32.2 Å². The number of nitrogens with zero attached hydrogens (tertiary/aromatic N) is 1. The normalized spacial score (nSPS) is 12.2. The Bertz CT molecular complexity index is 486. The van der Waals surface area contributed by atoms with Crippen LogP contribution in [-0.4, -0.2) is 17.1 Å². The first-order chi connectivity index (χ1) is 8.51. The van der Waals surface area contributed by atoms with Gasteiger partial charge in [-0.1, -0.05) is 11.6 Å². The second-order valence-corrected chi connectivity index (χ2v) is 3.54. The number of nitrogens with one attached hydrogen (secondary N) is 2. The Hall–Kier alpha value is -1.71. The Morgan fingerprint density at radius 1 is 1.21 bits per heavy atom. The third-order valence-corrected chi connectivity index (χ3v) is 2.01. The summed E-state index contributed by atoms with van der Waals surface area (Å²) in [5, 5.41) is -0.600. The average molecular weight is 308 g/mol. The van der Waals surface area contributed by atoms with Crippen molar-refractivity contribution >= 4 is 23.3 Å². The van der Waals surface area contributed by atoms with Crippen LogP contribution in [0.1, 0.15) is 5.56 Å². The fourth-order valence-corrected chi connectivity index (χ4v) is 1.09. The highest BCUT2D eigenvalue weighted by Gasteiger charge is 2.39. The highest BCUT2D eigenvalue weighted by Crippen LogP contribution is 2.32. The van der Waals surface area contributed by atoms with Gasteiger partial charge >= 0.3 is 18.3 Å². The van der Waals surface area contributed by atoms with E-state index in [1.54, 1.807) is 5.43 Å². The third kappa shape index (κ3) is 4.16. The summed E-state index contributed by atoms with van der Waals surface area (Å²) in [7, 11) is 0. The summed E-state index contributed by atoms with van der Waals surface area (Å²) < 4.78 is 72.2. The summed E-state index contributed by atoms with van der Waals surface area (Å²) in [6.07, 6.45) is -9.48. The van der Waals surface area contributed by atoms with E-state index >= 15 is 0 Å². The number of carbonyl (C=O) groups is 1. The molecule has 1 aromatic rings. The van der Waals surface area contributed by atoms with Gasteiger partial charge in [-0.05, 0) is 6.07 Å². The van der Waals surface area contributed by atoms with Crippen LogP contribution in [0.3, 0.4) is 0 Å². The lowest BCUT2D eigenvalue weighted by atomic mass is 10.3. The average Bonchev–Trinajstić information content (AvgIpc) is 2.24. The highest BCUT2D eigenvalue weighted by molar-refractivity contribution is 6.33. The molecule has 0 saturated carbocycles. The summed E-state index contributed by atoms with van der Waals surface area (Å²) in [6, 6.07) is 0.455. The van der Waals surface area contributed by atoms with Crippen LogP contribution in [0, 0.1) is 0 Å². The lowest BCUT2D eigenvalue weighted by Crippen LogP contribution is -2.40. The van der Waals surface area contributed by atoms with Crippen molar-refractivity contribution in [1.82, 2.24) is 10.4 Å². The Morgan fingerprint density at radius 2 is 1.79 bits per heavy atom. The predicted molar refractivity (Wildman–Crippen MR) is 52.1 cm³/mol. The van der Waals surface area contributed by atoms with E-state index in [9.17, 15) is 31.1 Å². The molecule has 0 bridgehead atoms. The van der Waals surface area contributed by atoms with Gasteiger partial charge in [0, 0.05) is 6.20 Å². The zero-order chi connectivity index (χ0) is 14.8. The number of alkyl halides is 6. The number of halogens is 7. The van der Waals surface area contributed by atoms with E-state index in [4.69, 9.17) is 11.6 Å². The van der Waals surface area contributed by atoms with Gasteiger partial charge in [0.1, 0.15) is 0 Å². The van der Waals surface area contributed by atoms with Crippen molar-refractivity contribution in [3.8, 4) is 0 Å². The molecule has 4 nitrogen and oxygen atoms in total. The van der Waals surface area contributed by atoms with Crippen molar-refractivity contribution in [2.45, 2.75) is 12.4 Å². The molecule has 0 aliphatic rings. The molecule has 0 unspecified atom stereocenters. The second kappa shape index (κ2) is 5.11. The number of aromatic nitrogens is 1. The topological polar surface area (TPSA) is 54.0 Å². The van der Waals surface area contributed by atoms with Gasteiger partial charge in [-0.15, -0.1) is 0 Å². The van der Waals surface area contributed by atoms with Gasteiger partial charge in [0.05, 0.1) is 10.6 Å². The molecule has 0 aliphatic carbocycles. The largest absolute Gasteiger partial charge is 0.472 e. The number of rotatable bonds is 2. The molecule has 1 rings (SSSR count). The van der Waals surface area contributed by atoms with Gasteiger partial charge in [-0.2, -0.15) is 26.3 Å². The van der Waals surface area contributed by atoms with Gasteiger partial charge in [0.15, 0.2) is 5.82 Å². The molecule has 19 heavy (non-hydrogen) atoms. The van der Waals surface area contributed by atoms with Gasteiger partial charge in [-0.25, -0.2) is 4.98 Å². The first kappa shape index (κ1) is 15.3. The predicted octanol–water partition coefficient (Wildman–Crippen LogP) is 2.76. The van der Waals surface area contributed by atoms with Crippen LogP contribution in [0.15, 0.2) is 12.3 Å². The molecule has 1 aromatic heterocycles. The minimum atomic E-state index is -5.15. The minimum Gasteiger partial charge on any atom is -0.280 e. The zero-order valence-electron chi connectivity index (χ0n) is 8.66. The summed E-state index contributed by atoms with van der Waals surface area (Å²) >= 11 is 5.38. The van der Waals surface area contributed by atoms with E-state index in [2.05, 4.69) is 4.98 Å². The Balaban J connectivity index is 2.79. The van der Waals surface area contributed by atoms with E-state index in [0.29, 0.717) is 12.3 Å². The van der Waals surface area contributed by atoms with Gasteiger partial charge in [0.2, 0.25) is 0 Å². The quantitative estimate of drug-likeness (QED) is 0.652. The number of amides is 1. The van der Waals surface area contributed by atoms with E-state index in [-0.39, 0.29) is 0 Å². The minimum absolute atomic E-state index is 0.355. The van der Waals surface area contributed by atoms with Gasteiger partial charge in [-0.3, -0.25) is 15.6 Å². The molecule has 106 valence electrons. The van der Waals surface area contributed by atoms with Crippen LogP contribution in [0.5, 0.6) is 0 Å². The molecule has 2 N–H and O–H groups in total. The summed E-state index contributed by atoms with van der Waals surface area (Å²) in [4.78, 5) is 13.6. The van der Waals surface area contributed by atoms with E-state index < -0.39 is 34.7 Å². The fourth-order valence-electron chi connectivity index (χ4n) is 0.872. The number of hydrazine groups is 1. The zero-order valence-corrected chi connectivity index (χ0v) is 9.41. The van der Waals surface area contributed by atoms with Crippen LogP contribution in [-0.2, 0) is 11.0 Å². The Labute approximate surface area is 106 Å². The second-order valence-electron chi connectivity index (χ2n) is 3.13. The van der Waals surface area contributed by atoms with Gasteiger partial charge in [0.25, 0.3) is 0 Å². The van der Waals surface area contributed by atoms with E-state index in [0.717, 1.165) is 0 Å². The number of hydrogen-bond acceptors (Lipinski definition) is 3. The highest BCUT2D eigenvalue weighted by atomic mass is 35.5. The molecule has 11 heteroatoms. The SMILES string of the molecule is O=C(NNc1ncc(C(F)(F)F)cc1Cl)C(F)(F)F. The lowest BCUT2D eigenvalue weighted by molar-refractivity contribution is -0.173. The molecule has 0 atom stereocenters. The maximum Gasteiger partial charge on any atom is 0.472 e. The molecule has 0 aromatic carbocycles. The maximum atomic E-state index is 12.2. The smallest absolute Gasteiger partial charge is 0.280 e. The lowest BCUT2D eigenvalue weighted by Gasteiger charge is -2.12. The third-order valence-electron chi connectivity index (χ3n) is 1.72. The summed E-state index contributed by atoms with van der Waals surface area (Å²) in [5.41, 5.74) is 1.69. The Morgan fingerprint density at radius 3 is 2.21 bits per heavy atom. The van der Waals surface area contributed by atoms with Crippen molar-refractivity contribution in [2.24, 2.45) is 0 Å². The van der Waals surface area contributed by atoms with Crippen molar-refractivity contribution in [2.75, 3.05) is 5.43 Å². The molecular formula is C8H4ClF6N3O. The fraction of sp³-hybridized carbons (Fsp3) is 0.250. The van der Waals surface area contributed by atoms with Crippen molar-refractivity contribution in [3.05, 3.63) is 22.8 Å². The molecular weight excluding hydrogens is 304 g/mol. The first-order valence-corrected chi connectivity index (χ1v) is 4.75. The molecule has 0 fully saturated rings. The molecule has 0 radical (unpaired) electrons. The maximum absolute atomic E-state index is 12.2. The molecule has 1 heterocycles. The molecule has 0 aliphatic heterocycles. The van der Waals surface area contributed by atoms with Crippen molar-refractivity contribution < 1.29 is 31.1 Å². The number of pyridine rings is 1. The monoisotopic (exact) mass is 307 g/mol. The number of hydrogen-bond donors (Lipinski definition) is 2. The summed E-state index contributed by atoms with van der Waals surface area (Å²) in [5.74, 6) is -2.89. The van der Waals surface area contributed by atoms with Crippen LogP contribution < -0.4 is 10.9 Å². The Kier molecular flexibility index (Phi) is 4.13. The number of anilines is 1. The first-order valence-electron chi connectivity index (χ1n) is 4.37. The van der Waals surface area contributed by atoms with Gasteiger partial charge < -0.3 is 0 Å². The molecule has 0 saturated heterocycles. The standard InChI is InChI=1S/C8H4ClF6N3O/c9-4-1-3(7(10,11)12)2-16-5(4)17-18-6(19)8(13,14)15/h1-2H,(H,16,17)(H,18,19). The molecule has 1 amide bonds.